The maximum absolute atomic E-state index is 13.5. The molecule has 0 spiro atoms. The largest absolute Gasteiger partial charge is 0.314 e. The predicted octanol–water partition coefficient (Wildman–Crippen LogP) is 4.68. The van der Waals surface area contributed by atoms with Crippen LogP contribution in [0.1, 0.15) is 40.2 Å². The Labute approximate surface area is 121 Å². The summed E-state index contributed by atoms with van der Waals surface area (Å²) in [5, 5.41) is 3.73. The smallest absolute Gasteiger partial charge is 0.142 e. The van der Waals surface area contributed by atoms with E-state index in [0.717, 1.165) is 18.5 Å². The Morgan fingerprint density at radius 1 is 1.26 bits per heavy atom. The van der Waals surface area contributed by atoms with E-state index in [1.807, 2.05) is 6.07 Å². The minimum Gasteiger partial charge on any atom is -0.314 e. The highest BCUT2D eigenvalue weighted by molar-refractivity contribution is 6.31. The molecule has 0 aliphatic carbocycles. The number of nitrogens with one attached hydrogen (secondary N) is 1. The highest BCUT2D eigenvalue weighted by Gasteiger charge is 2.25. The van der Waals surface area contributed by atoms with Crippen LogP contribution >= 0.6 is 11.6 Å². The summed E-state index contributed by atoms with van der Waals surface area (Å²) in [5.41, 5.74) is 1.05. The van der Waals surface area contributed by atoms with E-state index < -0.39 is 0 Å². The van der Waals surface area contributed by atoms with Crippen molar-refractivity contribution >= 4 is 11.6 Å². The van der Waals surface area contributed by atoms with Crippen molar-refractivity contribution in [3.05, 3.63) is 34.6 Å². The second kappa shape index (κ2) is 6.71. The Kier molecular flexibility index (Phi) is 5.82. The van der Waals surface area contributed by atoms with Crippen LogP contribution in [0, 0.1) is 17.2 Å². The molecule has 1 N–H and O–H groups in total. The van der Waals surface area contributed by atoms with Crippen LogP contribution < -0.4 is 5.32 Å². The standard InChI is InChI=1S/C16H25ClFN/c1-11(2)19-10-13(16(3,4)5)9-12-7-6-8-14(18)15(12)17/h6-8,11,13,19H,9-10H2,1-5H3. The molecule has 1 atom stereocenters. The normalized spacial score (nSPS) is 13.9. The van der Waals surface area contributed by atoms with E-state index in [4.69, 9.17) is 11.6 Å². The summed E-state index contributed by atoms with van der Waals surface area (Å²) in [4.78, 5) is 0. The quantitative estimate of drug-likeness (QED) is 0.828. The van der Waals surface area contributed by atoms with Crippen LogP contribution in [0.2, 0.25) is 5.02 Å². The van der Waals surface area contributed by atoms with Crippen molar-refractivity contribution < 1.29 is 4.39 Å². The van der Waals surface area contributed by atoms with Gasteiger partial charge >= 0.3 is 0 Å². The van der Waals surface area contributed by atoms with E-state index in [1.165, 1.54) is 6.07 Å². The lowest BCUT2D eigenvalue weighted by molar-refractivity contribution is 0.226. The lowest BCUT2D eigenvalue weighted by Gasteiger charge is -2.32. The van der Waals surface area contributed by atoms with Gasteiger partial charge in [0.1, 0.15) is 5.82 Å². The zero-order valence-corrected chi connectivity index (χ0v) is 13.3. The van der Waals surface area contributed by atoms with E-state index in [2.05, 4.69) is 39.9 Å². The third-order valence-electron chi connectivity index (χ3n) is 3.50. The first-order chi connectivity index (χ1) is 8.71. The van der Waals surface area contributed by atoms with Gasteiger partial charge in [0.05, 0.1) is 5.02 Å². The highest BCUT2D eigenvalue weighted by Crippen LogP contribution is 2.31. The molecule has 0 saturated heterocycles. The first-order valence-corrected chi connectivity index (χ1v) is 7.26. The molecule has 1 unspecified atom stereocenters. The Hall–Kier alpha value is -0.600. The zero-order chi connectivity index (χ0) is 14.6. The van der Waals surface area contributed by atoms with Gasteiger partial charge in [-0.2, -0.15) is 0 Å². The highest BCUT2D eigenvalue weighted by atomic mass is 35.5. The molecule has 0 amide bonds. The molecule has 1 aromatic rings. The zero-order valence-electron chi connectivity index (χ0n) is 12.6. The average Bonchev–Trinajstić information content (AvgIpc) is 2.27. The summed E-state index contributed by atoms with van der Waals surface area (Å²) in [6, 6.07) is 5.50. The predicted molar refractivity (Wildman–Crippen MR) is 81.2 cm³/mol. The minimum absolute atomic E-state index is 0.150. The molecule has 0 radical (unpaired) electrons. The number of benzene rings is 1. The van der Waals surface area contributed by atoms with Gasteiger partial charge in [0, 0.05) is 6.04 Å². The van der Waals surface area contributed by atoms with Gasteiger partial charge in [-0.15, -0.1) is 0 Å². The van der Waals surface area contributed by atoms with Crippen LogP contribution in [-0.4, -0.2) is 12.6 Å². The van der Waals surface area contributed by atoms with Gasteiger partial charge in [-0.05, 0) is 35.9 Å². The summed E-state index contributed by atoms with van der Waals surface area (Å²) in [7, 11) is 0. The molecule has 1 rings (SSSR count). The molecule has 0 saturated carbocycles. The summed E-state index contributed by atoms with van der Waals surface area (Å²) in [6.07, 6.45) is 0.791. The van der Waals surface area contributed by atoms with E-state index >= 15 is 0 Å². The summed E-state index contributed by atoms with van der Waals surface area (Å²) in [6.45, 7) is 11.8. The minimum atomic E-state index is -0.330. The van der Waals surface area contributed by atoms with Gasteiger partial charge in [-0.1, -0.05) is 58.4 Å². The van der Waals surface area contributed by atoms with Crippen molar-refractivity contribution in [3.63, 3.8) is 0 Å². The van der Waals surface area contributed by atoms with Crippen LogP contribution in [0.25, 0.3) is 0 Å². The fourth-order valence-electron chi connectivity index (χ4n) is 2.03. The van der Waals surface area contributed by atoms with Gasteiger partial charge in [0.2, 0.25) is 0 Å². The first-order valence-electron chi connectivity index (χ1n) is 6.88. The van der Waals surface area contributed by atoms with Crippen molar-refractivity contribution in [3.8, 4) is 0 Å². The molecule has 0 aromatic heterocycles. The molecule has 0 aliphatic heterocycles. The maximum Gasteiger partial charge on any atom is 0.142 e. The Bertz CT molecular complexity index is 410. The number of halogens is 2. The molecule has 0 aliphatic rings. The molecule has 0 fully saturated rings. The Morgan fingerprint density at radius 2 is 1.89 bits per heavy atom. The molecule has 1 nitrogen and oxygen atoms in total. The molecule has 19 heavy (non-hydrogen) atoms. The van der Waals surface area contributed by atoms with Crippen LogP contribution in [0.15, 0.2) is 18.2 Å². The SMILES string of the molecule is CC(C)NCC(Cc1cccc(F)c1Cl)C(C)(C)C. The molecular weight excluding hydrogens is 261 g/mol. The van der Waals surface area contributed by atoms with E-state index in [-0.39, 0.29) is 16.3 Å². The Balaban J connectivity index is 2.85. The van der Waals surface area contributed by atoms with E-state index in [0.29, 0.717) is 12.0 Å². The average molecular weight is 286 g/mol. The lowest BCUT2D eigenvalue weighted by Crippen LogP contribution is -2.36. The Morgan fingerprint density at radius 3 is 2.42 bits per heavy atom. The first kappa shape index (κ1) is 16.5. The van der Waals surface area contributed by atoms with Crippen LogP contribution in [-0.2, 0) is 6.42 Å². The molecule has 108 valence electrons. The van der Waals surface area contributed by atoms with Gasteiger partial charge in [0.25, 0.3) is 0 Å². The maximum atomic E-state index is 13.5. The number of hydrogen-bond donors (Lipinski definition) is 1. The fraction of sp³-hybridized carbons (Fsp3) is 0.625. The van der Waals surface area contributed by atoms with E-state index in [1.54, 1.807) is 6.07 Å². The molecule has 3 heteroatoms. The topological polar surface area (TPSA) is 12.0 Å². The molecule has 1 aromatic carbocycles. The second-order valence-electron chi connectivity index (χ2n) is 6.54. The number of rotatable bonds is 5. The summed E-state index contributed by atoms with van der Waals surface area (Å²) in [5.74, 6) is 0.0813. The van der Waals surface area contributed by atoms with Crippen molar-refractivity contribution in [2.75, 3.05) is 6.54 Å². The van der Waals surface area contributed by atoms with Crippen LogP contribution in [0.4, 0.5) is 4.39 Å². The van der Waals surface area contributed by atoms with Crippen molar-refractivity contribution in [2.45, 2.75) is 47.1 Å². The van der Waals surface area contributed by atoms with E-state index in [9.17, 15) is 4.39 Å². The third kappa shape index (κ3) is 5.12. The van der Waals surface area contributed by atoms with Crippen LogP contribution in [0.3, 0.4) is 0 Å². The van der Waals surface area contributed by atoms with Crippen LogP contribution in [0.5, 0.6) is 0 Å². The lowest BCUT2D eigenvalue weighted by atomic mass is 9.77. The van der Waals surface area contributed by atoms with Gasteiger partial charge in [-0.3, -0.25) is 0 Å². The second-order valence-corrected chi connectivity index (χ2v) is 6.92. The van der Waals surface area contributed by atoms with Crippen molar-refractivity contribution in [1.29, 1.82) is 0 Å². The summed E-state index contributed by atoms with van der Waals surface area (Å²) < 4.78 is 13.5. The number of hydrogen-bond acceptors (Lipinski definition) is 1. The van der Waals surface area contributed by atoms with Crippen molar-refractivity contribution in [1.82, 2.24) is 5.32 Å². The summed E-state index contributed by atoms with van der Waals surface area (Å²) >= 11 is 6.05. The molecule has 0 heterocycles. The van der Waals surface area contributed by atoms with Crippen molar-refractivity contribution in [2.24, 2.45) is 11.3 Å². The molecule has 0 bridgehead atoms. The molecular formula is C16H25ClFN. The third-order valence-corrected chi connectivity index (χ3v) is 3.92. The monoisotopic (exact) mass is 285 g/mol. The fourth-order valence-corrected chi connectivity index (χ4v) is 2.24. The van der Waals surface area contributed by atoms with Gasteiger partial charge in [-0.25, -0.2) is 4.39 Å². The van der Waals surface area contributed by atoms with Gasteiger partial charge < -0.3 is 5.32 Å². The van der Waals surface area contributed by atoms with Gasteiger partial charge in [0.15, 0.2) is 0 Å².